The molecule has 5 rings (SSSR count). The number of rotatable bonds is 3. The Morgan fingerprint density at radius 3 is 2.74 bits per heavy atom. The summed E-state index contributed by atoms with van der Waals surface area (Å²) in [5.41, 5.74) is 7.15. The second-order valence-electron chi connectivity index (χ2n) is 6.95. The summed E-state index contributed by atoms with van der Waals surface area (Å²) in [6.45, 7) is 3.88. The molecule has 1 fully saturated rings. The van der Waals surface area contributed by atoms with E-state index < -0.39 is 0 Å². The Bertz CT molecular complexity index is 1240. The van der Waals surface area contributed by atoms with Gasteiger partial charge < -0.3 is 20.7 Å². The van der Waals surface area contributed by atoms with E-state index in [0.29, 0.717) is 60.9 Å². The highest BCUT2D eigenvalue weighted by atomic mass is 16.5. The summed E-state index contributed by atoms with van der Waals surface area (Å²) in [5.74, 6) is 1.96. The Morgan fingerprint density at radius 1 is 1.10 bits per heavy atom. The maximum absolute atomic E-state index is 12.7. The zero-order valence-corrected chi connectivity index (χ0v) is 16.8. The zero-order chi connectivity index (χ0) is 21.4. The second kappa shape index (κ2) is 7.65. The molecular weight excluding hydrogens is 400 g/mol. The fraction of sp³-hybridized carbons (Fsp3) is 0.263. The molecule has 1 aliphatic heterocycles. The number of fused-ring (bicyclic) bond motifs is 1. The summed E-state index contributed by atoms with van der Waals surface area (Å²) < 4.78 is 8.45. The van der Waals surface area contributed by atoms with Gasteiger partial charge in [-0.25, -0.2) is 14.8 Å². The van der Waals surface area contributed by atoms with Crippen LogP contribution < -0.4 is 11.1 Å². The summed E-state index contributed by atoms with van der Waals surface area (Å²) in [7, 11) is 0. The van der Waals surface area contributed by atoms with Gasteiger partial charge in [0.25, 0.3) is 0 Å². The molecule has 0 unspecified atom stereocenters. The number of ether oxygens (including phenoxy) is 1. The van der Waals surface area contributed by atoms with Gasteiger partial charge in [0, 0.05) is 31.5 Å². The van der Waals surface area contributed by atoms with E-state index >= 15 is 0 Å². The van der Waals surface area contributed by atoms with E-state index in [4.69, 9.17) is 10.5 Å². The van der Waals surface area contributed by atoms with Gasteiger partial charge in [0.1, 0.15) is 17.2 Å². The summed E-state index contributed by atoms with van der Waals surface area (Å²) in [6.07, 6.45) is 3.47. The molecule has 1 amide bonds. The van der Waals surface area contributed by atoms with E-state index in [2.05, 4.69) is 30.4 Å². The van der Waals surface area contributed by atoms with E-state index in [9.17, 15) is 4.79 Å². The van der Waals surface area contributed by atoms with Crippen molar-refractivity contribution in [3.05, 3.63) is 42.5 Å². The Labute approximate surface area is 176 Å². The minimum Gasteiger partial charge on any atom is -0.378 e. The van der Waals surface area contributed by atoms with Crippen LogP contribution >= 0.6 is 0 Å². The normalized spacial score (nSPS) is 14.2. The van der Waals surface area contributed by atoms with E-state index in [1.165, 1.54) is 4.68 Å². The smallest absolute Gasteiger partial charge is 0.344 e. The van der Waals surface area contributed by atoms with Gasteiger partial charge in [0.05, 0.1) is 13.2 Å². The Hall–Kier alpha value is -4.06. The van der Waals surface area contributed by atoms with Gasteiger partial charge in [0.2, 0.25) is 5.95 Å². The number of carbonyl (C=O) groups is 1. The molecule has 0 saturated carbocycles. The average molecular weight is 420 g/mol. The highest BCUT2D eigenvalue weighted by Gasteiger charge is 2.21. The summed E-state index contributed by atoms with van der Waals surface area (Å²) in [6, 6.07) is 7.15. The van der Waals surface area contributed by atoms with Crippen molar-refractivity contribution in [2.24, 2.45) is 0 Å². The van der Waals surface area contributed by atoms with Crippen LogP contribution in [0.2, 0.25) is 0 Å². The Kier molecular flexibility index (Phi) is 4.67. The van der Waals surface area contributed by atoms with E-state index in [1.54, 1.807) is 24.1 Å². The first-order chi connectivity index (χ1) is 15.1. The highest BCUT2D eigenvalue weighted by Crippen LogP contribution is 2.29. The third kappa shape index (κ3) is 3.64. The molecule has 4 aromatic rings. The summed E-state index contributed by atoms with van der Waals surface area (Å²) >= 11 is 0. The number of carbonyl (C=O) groups excluding carboxylic acids is 1. The van der Waals surface area contributed by atoms with Crippen molar-refractivity contribution in [2.75, 3.05) is 37.4 Å². The van der Waals surface area contributed by atoms with Crippen molar-refractivity contribution in [1.29, 1.82) is 0 Å². The fourth-order valence-corrected chi connectivity index (χ4v) is 3.42. The molecule has 0 aliphatic carbocycles. The molecule has 0 aromatic carbocycles. The van der Waals surface area contributed by atoms with Crippen LogP contribution in [0.15, 0.2) is 36.7 Å². The predicted molar refractivity (Wildman–Crippen MR) is 112 cm³/mol. The number of morpholine rings is 1. The number of hydrogen-bond acceptors (Lipinski definition) is 9. The number of nitrogens with zero attached hydrogens (tertiary/aromatic N) is 8. The molecule has 1 aliphatic rings. The number of imidazole rings is 1. The maximum Gasteiger partial charge on any atom is 0.344 e. The molecule has 12 nitrogen and oxygen atoms in total. The van der Waals surface area contributed by atoms with Gasteiger partial charge in [-0.2, -0.15) is 14.6 Å². The Balaban J connectivity index is 1.50. The number of pyridine rings is 1. The van der Waals surface area contributed by atoms with E-state index in [1.807, 2.05) is 28.8 Å². The average Bonchev–Trinajstić information content (AvgIpc) is 3.37. The van der Waals surface area contributed by atoms with Gasteiger partial charge in [0.15, 0.2) is 17.5 Å². The van der Waals surface area contributed by atoms with Gasteiger partial charge >= 0.3 is 6.03 Å². The monoisotopic (exact) mass is 420 g/mol. The number of nitrogen functional groups attached to an aromatic ring is 1. The number of aromatic nitrogens is 7. The molecule has 0 spiro atoms. The number of hydrogen-bond donors (Lipinski definition) is 2. The molecule has 5 heterocycles. The quantitative estimate of drug-likeness (QED) is 0.502. The van der Waals surface area contributed by atoms with Gasteiger partial charge in [-0.05, 0) is 19.1 Å². The van der Waals surface area contributed by atoms with Crippen LogP contribution in [0.4, 0.5) is 22.4 Å². The number of nitrogens with two attached hydrogens (primary N) is 1. The second-order valence-corrected chi connectivity index (χ2v) is 6.95. The van der Waals surface area contributed by atoms with E-state index in [0.717, 1.165) is 0 Å². The van der Waals surface area contributed by atoms with Gasteiger partial charge in [-0.15, -0.1) is 5.10 Å². The minimum absolute atomic E-state index is 0.125. The lowest BCUT2D eigenvalue weighted by molar-refractivity contribution is 0.0529. The van der Waals surface area contributed by atoms with Crippen LogP contribution in [0.1, 0.15) is 5.82 Å². The van der Waals surface area contributed by atoms with Crippen LogP contribution in [0.5, 0.6) is 0 Å². The molecule has 0 radical (unpaired) electrons. The SMILES string of the molecule is Cc1nc(N)nc(-c2c(Nc3ccn(C(=O)N4CCOCC4)n3)nc3ccccn23)n1. The Morgan fingerprint density at radius 2 is 1.94 bits per heavy atom. The topological polar surface area (TPSA) is 141 Å². The van der Waals surface area contributed by atoms with Crippen molar-refractivity contribution >= 4 is 29.3 Å². The number of amides is 1. The number of nitrogens with one attached hydrogen (secondary N) is 1. The largest absolute Gasteiger partial charge is 0.378 e. The van der Waals surface area contributed by atoms with Crippen LogP contribution in [-0.4, -0.2) is 71.4 Å². The third-order valence-electron chi connectivity index (χ3n) is 4.82. The zero-order valence-electron chi connectivity index (χ0n) is 16.8. The summed E-state index contributed by atoms with van der Waals surface area (Å²) in [4.78, 5) is 31.7. The number of anilines is 3. The first kappa shape index (κ1) is 18.9. The van der Waals surface area contributed by atoms with Crippen LogP contribution in [0.3, 0.4) is 0 Å². The molecular formula is C19H20N10O2. The highest BCUT2D eigenvalue weighted by molar-refractivity contribution is 5.78. The predicted octanol–water partition coefficient (Wildman–Crippen LogP) is 1.32. The maximum atomic E-state index is 12.7. The van der Waals surface area contributed by atoms with Crippen molar-refractivity contribution in [1.82, 2.24) is 39.0 Å². The molecule has 31 heavy (non-hydrogen) atoms. The van der Waals surface area contributed by atoms with Crippen molar-refractivity contribution in [2.45, 2.75) is 6.92 Å². The third-order valence-corrected chi connectivity index (χ3v) is 4.82. The van der Waals surface area contributed by atoms with Crippen molar-refractivity contribution in [3.63, 3.8) is 0 Å². The molecule has 1 saturated heterocycles. The van der Waals surface area contributed by atoms with Gasteiger partial charge in [-0.3, -0.25) is 4.40 Å². The van der Waals surface area contributed by atoms with Crippen LogP contribution in [0.25, 0.3) is 17.2 Å². The fourth-order valence-electron chi connectivity index (χ4n) is 3.42. The molecule has 4 aromatic heterocycles. The molecule has 0 bridgehead atoms. The molecule has 3 N–H and O–H groups in total. The molecule has 0 atom stereocenters. The van der Waals surface area contributed by atoms with Gasteiger partial charge in [-0.1, -0.05) is 6.07 Å². The molecule has 12 heteroatoms. The van der Waals surface area contributed by atoms with Crippen LogP contribution in [-0.2, 0) is 4.74 Å². The lowest BCUT2D eigenvalue weighted by atomic mass is 10.3. The van der Waals surface area contributed by atoms with Crippen molar-refractivity contribution < 1.29 is 9.53 Å². The number of aryl methyl sites for hydroxylation is 1. The van der Waals surface area contributed by atoms with E-state index in [-0.39, 0.29) is 12.0 Å². The van der Waals surface area contributed by atoms with Crippen LogP contribution in [0, 0.1) is 6.92 Å². The van der Waals surface area contributed by atoms with Crippen molar-refractivity contribution in [3.8, 4) is 11.5 Å². The first-order valence-electron chi connectivity index (χ1n) is 9.74. The first-order valence-corrected chi connectivity index (χ1v) is 9.74. The minimum atomic E-state index is -0.201. The lowest BCUT2D eigenvalue weighted by Gasteiger charge is -2.26. The molecule has 158 valence electrons. The standard InChI is InChI=1S/C19H20N10O2/c1-12-21-16(25-18(20)22-12)15-17(24-14-4-2-3-6-28(14)15)23-13-5-7-29(26-13)19(30)27-8-10-31-11-9-27/h2-7H,8-11H2,1H3,(H,23,26)(H2,20,21,22,25). The summed E-state index contributed by atoms with van der Waals surface area (Å²) in [5, 5.41) is 7.54. The lowest BCUT2D eigenvalue weighted by Crippen LogP contribution is -2.43.